The van der Waals surface area contributed by atoms with E-state index >= 15 is 0 Å². The van der Waals surface area contributed by atoms with Crippen molar-refractivity contribution in [3.8, 4) is 0 Å². The molecule has 0 atom stereocenters. The summed E-state index contributed by atoms with van der Waals surface area (Å²) in [5, 5.41) is 10.7. The van der Waals surface area contributed by atoms with Crippen molar-refractivity contribution in [1.82, 2.24) is 4.57 Å². The Balaban J connectivity index is 1.97. The number of thiophene rings is 1. The average molecular weight is 417 g/mol. The van der Waals surface area contributed by atoms with Gasteiger partial charge in [0.15, 0.2) is 4.80 Å². The Morgan fingerprint density at radius 1 is 1.29 bits per heavy atom. The Hall–Kier alpha value is -3.11. The Morgan fingerprint density at radius 2 is 2.07 bits per heavy atom. The fourth-order valence-electron chi connectivity index (χ4n) is 2.55. The van der Waals surface area contributed by atoms with Gasteiger partial charge in [0.1, 0.15) is 6.54 Å². The Bertz CT molecular complexity index is 1170. The first-order valence-corrected chi connectivity index (χ1v) is 9.69. The lowest BCUT2D eigenvalue weighted by atomic mass is 10.2. The Kier molecular flexibility index (Phi) is 5.81. The molecule has 10 heteroatoms. The summed E-state index contributed by atoms with van der Waals surface area (Å²) in [6, 6.07) is 8.65. The number of aryl methyl sites for hydroxylation is 1. The maximum absolute atomic E-state index is 12.3. The van der Waals surface area contributed by atoms with Crippen LogP contribution in [0.25, 0.3) is 16.3 Å². The maximum Gasteiger partial charge on any atom is 0.325 e. The van der Waals surface area contributed by atoms with E-state index < -0.39 is 16.8 Å². The summed E-state index contributed by atoms with van der Waals surface area (Å²) in [7, 11) is 1.30. The number of carbonyl (C=O) groups is 2. The first kappa shape index (κ1) is 19.6. The van der Waals surface area contributed by atoms with Crippen molar-refractivity contribution in [2.45, 2.75) is 13.5 Å². The number of para-hydroxylation sites is 1. The molecule has 0 aliphatic rings. The summed E-state index contributed by atoms with van der Waals surface area (Å²) in [6.45, 7) is 1.85. The number of aromatic nitrogens is 1. The minimum absolute atomic E-state index is 0.0000563. The van der Waals surface area contributed by atoms with E-state index in [0.29, 0.717) is 9.68 Å². The number of ether oxygens (including phenoxy) is 1. The number of thiazole rings is 1. The highest BCUT2D eigenvalue weighted by Crippen LogP contribution is 2.25. The van der Waals surface area contributed by atoms with Crippen LogP contribution < -0.4 is 4.80 Å². The van der Waals surface area contributed by atoms with Gasteiger partial charge in [-0.25, -0.2) is 0 Å². The normalized spacial score (nSPS) is 12.0. The van der Waals surface area contributed by atoms with E-state index in [9.17, 15) is 19.7 Å². The SMILES string of the molecule is COC(=O)Cn1c(=NC(=O)/C=C/c2ccc([N+](=O)[O-])s2)sc2cccc(C)c21. The highest BCUT2D eigenvalue weighted by atomic mass is 32.1. The van der Waals surface area contributed by atoms with Crippen molar-refractivity contribution in [3.63, 3.8) is 0 Å². The second-order valence-electron chi connectivity index (χ2n) is 5.69. The number of benzene rings is 1. The number of amides is 1. The van der Waals surface area contributed by atoms with Gasteiger partial charge >= 0.3 is 11.0 Å². The largest absolute Gasteiger partial charge is 0.468 e. The lowest BCUT2D eigenvalue weighted by Crippen LogP contribution is -2.22. The molecule has 144 valence electrons. The fraction of sp³-hybridized carbons (Fsp3) is 0.167. The molecule has 28 heavy (non-hydrogen) atoms. The van der Waals surface area contributed by atoms with Crippen LogP contribution in [-0.4, -0.2) is 28.5 Å². The van der Waals surface area contributed by atoms with Crippen molar-refractivity contribution < 1.29 is 19.2 Å². The molecule has 0 radical (unpaired) electrons. The summed E-state index contributed by atoms with van der Waals surface area (Å²) in [5.74, 6) is -0.975. The van der Waals surface area contributed by atoms with Crippen LogP contribution >= 0.6 is 22.7 Å². The number of fused-ring (bicyclic) bond motifs is 1. The molecule has 8 nitrogen and oxygen atoms in total. The first-order chi connectivity index (χ1) is 13.4. The predicted octanol–water partition coefficient (Wildman–Crippen LogP) is 3.29. The zero-order chi connectivity index (χ0) is 20.3. The quantitative estimate of drug-likeness (QED) is 0.274. The molecule has 3 rings (SSSR count). The summed E-state index contributed by atoms with van der Waals surface area (Å²) >= 11 is 2.26. The molecule has 2 aromatic heterocycles. The Labute approximate surface area is 167 Å². The van der Waals surface area contributed by atoms with E-state index in [1.807, 2.05) is 25.1 Å². The lowest BCUT2D eigenvalue weighted by Gasteiger charge is -2.05. The van der Waals surface area contributed by atoms with Gasteiger partial charge in [0, 0.05) is 17.0 Å². The third-order valence-corrected chi connectivity index (χ3v) is 5.85. The monoisotopic (exact) mass is 417 g/mol. The predicted molar refractivity (Wildman–Crippen MR) is 107 cm³/mol. The number of rotatable bonds is 5. The molecule has 0 saturated carbocycles. The molecule has 0 bridgehead atoms. The number of hydrogen-bond acceptors (Lipinski definition) is 7. The molecule has 0 spiro atoms. The van der Waals surface area contributed by atoms with Gasteiger partial charge in [0.05, 0.1) is 22.2 Å². The van der Waals surface area contributed by atoms with Crippen molar-refractivity contribution in [1.29, 1.82) is 0 Å². The van der Waals surface area contributed by atoms with Crippen LogP contribution in [0.15, 0.2) is 41.4 Å². The van der Waals surface area contributed by atoms with Gasteiger partial charge in [-0.1, -0.05) is 34.8 Å². The van der Waals surface area contributed by atoms with Crippen LogP contribution in [0, 0.1) is 17.0 Å². The number of nitro groups is 1. The van der Waals surface area contributed by atoms with Crippen LogP contribution in [0.4, 0.5) is 5.00 Å². The van der Waals surface area contributed by atoms with Gasteiger partial charge < -0.3 is 9.30 Å². The summed E-state index contributed by atoms with van der Waals surface area (Å²) in [5.41, 5.74) is 1.77. The standard InChI is InChI=1S/C18H15N3O5S2/c1-11-4-3-5-13-17(11)20(10-16(23)26-2)18(28-13)19-14(22)8-6-12-7-9-15(27-12)21(24)25/h3-9H,10H2,1-2H3/b8-6+,19-18?. The van der Waals surface area contributed by atoms with E-state index in [2.05, 4.69) is 4.99 Å². The zero-order valence-corrected chi connectivity index (χ0v) is 16.6. The molecule has 0 fully saturated rings. The van der Waals surface area contributed by atoms with E-state index in [-0.39, 0.29) is 11.5 Å². The van der Waals surface area contributed by atoms with Crippen molar-refractivity contribution in [3.05, 3.63) is 61.8 Å². The molecule has 1 amide bonds. The molecule has 3 aromatic rings. The van der Waals surface area contributed by atoms with Crippen LogP contribution in [-0.2, 0) is 20.9 Å². The number of methoxy groups -OCH3 is 1. The minimum atomic E-state index is -0.529. The van der Waals surface area contributed by atoms with Gasteiger partial charge in [-0.05, 0) is 30.7 Å². The van der Waals surface area contributed by atoms with E-state index in [4.69, 9.17) is 4.74 Å². The topological polar surface area (TPSA) is 104 Å². The third-order valence-electron chi connectivity index (χ3n) is 3.81. The van der Waals surface area contributed by atoms with Crippen LogP contribution in [0.3, 0.4) is 0 Å². The number of carbonyl (C=O) groups excluding carboxylic acids is 2. The van der Waals surface area contributed by atoms with Gasteiger partial charge in [0.25, 0.3) is 5.91 Å². The van der Waals surface area contributed by atoms with E-state index in [0.717, 1.165) is 27.1 Å². The molecule has 0 aliphatic carbocycles. The first-order valence-electron chi connectivity index (χ1n) is 8.06. The highest BCUT2D eigenvalue weighted by Gasteiger charge is 2.13. The Morgan fingerprint density at radius 3 is 2.75 bits per heavy atom. The highest BCUT2D eigenvalue weighted by molar-refractivity contribution is 7.16. The van der Waals surface area contributed by atoms with Gasteiger partial charge in [-0.15, -0.1) is 0 Å². The molecule has 2 heterocycles. The third kappa shape index (κ3) is 4.24. The molecule has 0 saturated heterocycles. The average Bonchev–Trinajstić information content (AvgIpc) is 3.26. The van der Waals surface area contributed by atoms with Crippen molar-refractivity contribution in [2.75, 3.05) is 7.11 Å². The molecule has 0 aliphatic heterocycles. The minimum Gasteiger partial charge on any atom is -0.468 e. The smallest absolute Gasteiger partial charge is 0.325 e. The number of nitrogens with zero attached hydrogens (tertiary/aromatic N) is 3. The number of esters is 1. The van der Waals surface area contributed by atoms with E-state index in [1.54, 1.807) is 10.6 Å². The van der Waals surface area contributed by atoms with Gasteiger partial charge in [-0.3, -0.25) is 19.7 Å². The fourth-order valence-corrected chi connectivity index (χ4v) is 4.38. The summed E-state index contributed by atoms with van der Waals surface area (Å²) < 4.78 is 7.30. The maximum atomic E-state index is 12.3. The van der Waals surface area contributed by atoms with Crippen LogP contribution in [0.5, 0.6) is 0 Å². The molecular formula is C18H15N3O5S2. The molecule has 0 N–H and O–H groups in total. The summed E-state index contributed by atoms with van der Waals surface area (Å²) in [4.78, 5) is 39.4. The zero-order valence-electron chi connectivity index (χ0n) is 14.9. The second kappa shape index (κ2) is 8.28. The van der Waals surface area contributed by atoms with Gasteiger partial charge in [0.2, 0.25) is 0 Å². The molecular weight excluding hydrogens is 402 g/mol. The van der Waals surface area contributed by atoms with Gasteiger partial charge in [-0.2, -0.15) is 4.99 Å². The molecule has 1 aromatic carbocycles. The van der Waals surface area contributed by atoms with Crippen LogP contribution in [0.2, 0.25) is 0 Å². The van der Waals surface area contributed by atoms with Crippen molar-refractivity contribution in [2.24, 2.45) is 4.99 Å². The summed E-state index contributed by atoms with van der Waals surface area (Å²) in [6.07, 6.45) is 2.72. The van der Waals surface area contributed by atoms with Crippen molar-refractivity contribution >= 4 is 55.8 Å². The lowest BCUT2D eigenvalue weighted by molar-refractivity contribution is -0.380. The van der Waals surface area contributed by atoms with Crippen LogP contribution in [0.1, 0.15) is 10.4 Å². The number of hydrogen-bond donors (Lipinski definition) is 0. The second-order valence-corrected chi connectivity index (χ2v) is 7.79. The van der Waals surface area contributed by atoms with E-state index in [1.165, 1.54) is 36.7 Å². The molecule has 0 unspecified atom stereocenters.